The van der Waals surface area contributed by atoms with E-state index in [1.807, 2.05) is 24.4 Å². The number of benzene rings is 2. The molecule has 0 fully saturated rings. The standard InChI is InChI=1S/C20H17FN2O3.ClH/c1-24-17-9-12(4-6-14(17)21)18-15-3-2-8-23(15)19-13(10-22-18)5-7-16-20(19)26-11-25-16;/h2-9,18,22H,10-11H2,1H3;1H. The Hall–Kier alpha value is -2.70. The number of hydrogen-bond acceptors (Lipinski definition) is 4. The second kappa shape index (κ2) is 6.79. The molecule has 1 aromatic heterocycles. The van der Waals surface area contributed by atoms with Gasteiger partial charge in [-0.2, -0.15) is 0 Å². The molecule has 27 heavy (non-hydrogen) atoms. The number of methoxy groups -OCH3 is 1. The summed E-state index contributed by atoms with van der Waals surface area (Å²) in [6.45, 7) is 0.881. The number of rotatable bonds is 2. The lowest BCUT2D eigenvalue weighted by Crippen LogP contribution is -2.21. The van der Waals surface area contributed by atoms with Gasteiger partial charge in [-0.15, -0.1) is 12.4 Å². The lowest BCUT2D eigenvalue weighted by Gasteiger charge is -2.19. The fourth-order valence-electron chi connectivity index (χ4n) is 3.70. The normalized spacial score (nSPS) is 16.7. The van der Waals surface area contributed by atoms with Crippen molar-refractivity contribution in [1.82, 2.24) is 9.88 Å². The van der Waals surface area contributed by atoms with Crippen molar-refractivity contribution in [2.24, 2.45) is 0 Å². The molecule has 0 aliphatic carbocycles. The Morgan fingerprint density at radius 1 is 1.19 bits per heavy atom. The van der Waals surface area contributed by atoms with Crippen LogP contribution in [0, 0.1) is 5.82 Å². The highest BCUT2D eigenvalue weighted by Gasteiger charge is 2.29. The molecular weight excluding hydrogens is 371 g/mol. The third-order valence-electron chi connectivity index (χ3n) is 4.92. The molecule has 0 amide bonds. The zero-order chi connectivity index (χ0) is 17.7. The molecule has 2 aliphatic heterocycles. The van der Waals surface area contributed by atoms with Crippen LogP contribution in [0.2, 0.25) is 0 Å². The second-order valence-electron chi connectivity index (χ2n) is 6.32. The number of nitrogens with zero attached hydrogens (tertiary/aromatic N) is 1. The third-order valence-corrected chi connectivity index (χ3v) is 4.92. The van der Waals surface area contributed by atoms with E-state index in [1.54, 1.807) is 12.1 Å². The molecule has 3 aromatic rings. The van der Waals surface area contributed by atoms with Crippen molar-refractivity contribution in [1.29, 1.82) is 0 Å². The summed E-state index contributed by atoms with van der Waals surface area (Å²) < 4.78 is 32.4. The monoisotopic (exact) mass is 388 g/mol. The van der Waals surface area contributed by atoms with Gasteiger partial charge in [0.1, 0.15) is 0 Å². The Kier molecular flexibility index (Phi) is 4.45. The van der Waals surface area contributed by atoms with Crippen molar-refractivity contribution in [2.45, 2.75) is 12.6 Å². The van der Waals surface area contributed by atoms with E-state index < -0.39 is 0 Å². The van der Waals surface area contributed by atoms with Gasteiger partial charge < -0.3 is 24.1 Å². The summed E-state index contributed by atoms with van der Waals surface area (Å²) in [5, 5.41) is 3.56. The van der Waals surface area contributed by atoms with Gasteiger partial charge in [0, 0.05) is 18.4 Å². The van der Waals surface area contributed by atoms with Crippen molar-refractivity contribution < 1.29 is 18.6 Å². The van der Waals surface area contributed by atoms with E-state index in [0.717, 1.165) is 34.0 Å². The van der Waals surface area contributed by atoms with Crippen LogP contribution in [0.25, 0.3) is 5.69 Å². The number of nitrogens with one attached hydrogen (secondary N) is 1. The van der Waals surface area contributed by atoms with Crippen molar-refractivity contribution in [3.8, 4) is 22.9 Å². The quantitative estimate of drug-likeness (QED) is 0.721. The summed E-state index contributed by atoms with van der Waals surface area (Å²) >= 11 is 0. The van der Waals surface area contributed by atoms with E-state index in [1.165, 1.54) is 13.2 Å². The molecule has 5 nitrogen and oxygen atoms in total. The van der Waals surface area contributed by atoms with Crippen molar-refractivity contribution in [2.75, 3.05) is 13.9 Å². The molecule has 0 saturated carbocycles. The van der Waals surface area contributed by atoms with Gasteiger partial charge in [-0.3, -0.25) is 0 Å². The SMILES string of the molecule is COc1cc(C2NCc3ccc4c(c3-n3cccc32)OCO4)ccc1F.Cl. The van der Waals surface area contributed by atoms with Crippen molar-refractivity contribution in [3.05, 3.63) is 71.3 Å². The minimum absolute atomic E-state index is 0. The molecule has 140 valence electrons. The summed E-state index contributed by atoms with van der Waals surface area (Å²) in [6, 6.07) is 12.9. The predicted octanol–water partition coefficient (Wildman–Crippen LogP) is 3.97. The minimum atomic E-state index is -0.369. The van der Waals surface area contributed by atoms with Crippen LogP contribution in [0.5, 0.6) is 17.2 Å². The summed E-state index contributed by atoms with van der Waals surface area (Å²) in [6.07, 6.45) is 2.01. The van der Waals surface area contributed by atoms with Crippen LogP contribution in [0.15, 0.2) is 48.7 Å². The second-order valence-corrected chi connectivity index (χ2v) is 6.32. The van der Waals surface area contributed by atoms with Gasteiger partial charge in [0.15, 0.2) is 23.1 Å². The van der Waals surface area contributed by atoms with Crippen LogP contribution < -0.4 is 19.5 Å². The average molecular weight is 389 g/mol. The highest BCUT2D eigenvalue weighted by Crippen LogP contribution is 2.43. The van der Waals surface area contributed by atoms with Crippen molar-refractivity contribution >= 4 is 12.4 Å². The molecule has 7 heteroatoms. The number of aromatic nitrogens is 1. The lowest BCUT2D eigenvalue weighted by molar-refractivity contribution is 0.173. The number of halogens is 2. The van der Waals surface area contributed by atoms with E-state index in [4.69, 9.17) is 14.2 Å². The largest absolute Gasteiger partial charge is 0.494 e. The highest BCUT2D eigenvalue weighted by molar-refractivity contribution is 5.85. The summed E-state index contributed by atoms with van der Waals surface area (Å²) in [4.78, 5) is 0. The van der Waals surface area contributed by atoms with Crippen molar-refractivity contribution in [3.63, 3.8) is 0 Å². The van der Waals surface area contributed by atoms with Gasteiger partial charge in [-0.1, -0.05) is 12.1 Å². The van der Waals surface area contributed by atoms with Gasteiger partial charge in [-0.25, -0.2) is 4.39 Å². The molecule has 0 radical (unpaired) electrons. The third kappa shape index (κ3) is 2.72. The molecule has 1 unspecified atom stereocenters. The predicted molar refractivity (Wildman–Crippen MR) is 101 cm³/mol. The Labute approximate surface area is 162 Å². The maximum Gasteiger partial charge on any atom is 0.231 e. The van der Waals surface area contributed by atoms with E-state index >= 15 is 0 Å². The van der Waals surface area contributed by atoms with Crippen LogP contribution in [0.4, 0.5) is 4.39 Å². The first-order valence-electron chi connectivity index (χ1n) is 8.42. The van der Waals surface area contributed by atoms with E-state index in [2.05, 4.69) is 16.0 Å². The fourth-order valence-corrected chi connectivity index (χ4v) is 3.70. The first-order chi connectivity index (χ1) is 12.8. The van der Waals surface area contributed by atoms with Gasteiger partial charge in [0.2, 0.25) is 6.79 Å². The topological polar surface area (TPSA) is 44.7 Å². The zero-order valence-corrected chi connectivity index (χ0v) is 15.4. The molecule has 1 N–H and O–H groups in total. The zero-order valence-electron chi connectivity index (χ0n) is 14.6. The smallest absolute Gasteiger partial charge is 0.231 e. The highest BCUT2D eigenvalue weighted by atomic mass is 35.5. The average Bonchev–Trinajstić information content (AvgIpc) is 3.30. The van der Waals surface area contributed by atoms with Gasteiger partial charge in [0.05, 0.1) is 18.8 Å². The first kappa shape index (κ1) is 17.7. The molecule has 5 rings (SSSR count). The summed E-state index contributed by atoms with van der Waals surface area (Å²) in [5.41, 5.74) is 4.08. The molecule has 0 bridgehead atoms. The number of fused-ring (bicyclic) bond motifs is 5. The molecule has 2 aromatic carbocycles. The van der Waals surface area contributed by atoms with Crippen LogP contribution in [0.3, 0.4) is 0 Å². The van der Waals surface area contributed by atoms with E-state index in [9.17, 15) is 4.39 Å². The van der Waals surface area contributed by atoms with E-state index in [0.29, 0.717) is 6.54 Å². The molecule has 0 saturated heterocycles. The maximum absolute atomic E-state index is 13.8. The van der Waals surface area contributed by atoms with Crippen LogP contribution in [-0.2, 0) is 6.54 Å². The van der Waals surface area contributed by atoms with Gasteiger partial charge in [0.25, 0.3) is 0 Å². The fraction of sp³-hybridized carbons (Fsp3) is 0.200. The minimum Gasteiger partial charge on any atom is -0.494 e. The molecule has 3 heterocycles. The van der Waals surface area contributed by atoms with Crippen LogP contribution in [-0.4, -0.2) is 18.5 Å². The Balaban J connectivity index is 0.00000180. The number of ether oxygens (including phenoxy) is 3. The summed E-state index contributed by atoms with van der Waals surface area (Å²) in [5.74, 6) is 1.39. The summed E-state index contributed by atoms with van der Waals surface area (Å²) in [7, 11) is 1.47. The first-order valence-corrected chi connectivity index (χ1v) is 8.42. The van der Waals surface area contributed by atoms with Gasteiger partial charge >= 0.3 is 0 Å². The molecule has 0 spiro atoms. The van der Waals surface area contributed by atoms with Crippen LogP contribution in [0.1, 0.15) is 22.9 Å². The van der Waals surface area contributed by atoms with Gasteiger partial charge in [-0.05, 0) is 41.5 Å². The van der Waals surface area contributed by atoms with Crippen LogP contribution >= 0.6 is 12.4 Å². The molecule has 2 aliphatic rings. The Bertz CT molecular complexity index is 1000. The Morgan fingerprint density at radius 3 is 2.93 bits per heavy atom. The van der Waals surface area contributed by atoms with E-state index in [-0.39, 0.29) is 36.8 Å². The Morgan fingerprint density at radius 2 is 2.07 bits per heavy atom. The lowest BCUT2D eigenvalue weighted by atomic mass is 10.0. The molecule has 1 atom stereocenters. The molecular formula is C20H18ClFN2O3. The maximum atomic E-state index is 13.8. The number of hydrogen-bond donors (Lipinski definition) is 1.